The minimum absolute atomic E-state index is 0.267. The SMILES string of the molecule is CC(c1nnnn1CC(=O)O)n1cncn1. The molecule has 2 rings (SSSR count). The minimum Gasteiger partial charge on any atom is -0.480 e. The fraction of sp³-hybridized carbons (Fsp3) is 0.429. The molecule has 0 aliphatic heterocycles. The maximum Gasteiger partial charge on any atom is 0.325 e. The van der Waals surface area contributed by atoms with Crippen LogP contribution in [0, 0.1) is 0 Å². The lowest BCUT2D eigenvalue weighted by Gasteiger charge is -2.09. The average Bonchev–Trinajstić information content (AvgIpc) is 2.84. The van der Waals surface area contributed by atoms with Crippen molar-refractivity contribution in [2.24, 2.45) is 0 Å². The van der Waals surface area contributed by atoms with Crippen molar-refractivity contribution in [2.45, 2.75) is 19.5 Å². The highest BCUT2D eigenvalue weighted by atomic mass is 16.4. The van der Waals surface area contributed by atoms with E-state index in [1.54, 1.807) is 11.6 Å². The van der Waals surface area contributed by atoms with Crippen LogP contribution in [0.5, 0.6) is 0 Å². The van der Waals surface area contributed by atoms with Gasteiger partial charge in [-0.3, -0.25) is 4.79 Å². The molecule has 1 atom stereocenters. The summed E-state index contributed by atoms with van der Waals surface area (Å²) in [4.78, 5) is 14.4. The van der Waals surface area contributed by atoms with Crippen LogP contribution in [-0.4, -0.2) is 46.0 Å². The summed E-state index contributed by atoms with van der Waals surface area (Å²) in [5.74, 6) is -0.577. The van der Waals surface area contributed by atoms with Crippen LogP contribution < -0.4 is 0 Å². The molecule has 0 spiro atoms. The van der Waals surface area contributed by atoms with Crippen molar-refractivity contribution in [3.8, 4) is 0 Å². The van der Waals surface area contributed by atoms with Crippen LogP contribution in [0.4, 0.5) is 0 Å². The number of aliphatic carboxylic acids is 1. The molecule has 9 heteroatoms. The molecule has 0 saturated carbocycles. The van der Waals surface area contributed by atoms with E-state index in [4.69, 9.17) is 5.11 Å². The zero-order valence-corrected chi connectivity index (χ0v) is 8.43. The summed E-state index contributed by atoms with van der Waals surface area (Å²) in [6.45, 7) is 1.53. The van der Waals surface area contributed by atoms with Gasteiger partial charge in [0, 0.05) is 0 Å². The summed E-state index contributed by atoms with van der Waals surface area (Å²) in [5, 5.41) is 23.4. The molecule has 2 aromatic rings. The van der Waals surface area contributed by atoms with Gasteiger partial charge < -0.3 is 5.11 Å². The Morgan fingerprint density at radius 3 is 3.06 bits per heavy atom. The van der Waals surface area contributed by atoms with Gasteiger partial charge in [0.25, 0.3) is 0 Å². The highest BCUT2D eigenvalue weighted by Crippen LogP contribution is 2.11. The number of carbonyl (C=O) groups is 1. The quantitative estimate of drug-likeness (QED) is 0.704. The minimum atomic E-state index is -1.00. The summed E-state index contributed by atoms with van der Waals surface area (Å²) in [6, 6.07) is -0.267. The molecule has 0 aliphatic carbocycles. The van der Waals surface area contributed by atoms with Gasteiger partial charge in [-0.2, -0.15) is 5.10 Å². The van der Waals surface area contributed by atoms with Gasteiger partial charge in [-0.1, -0.05) is 0 Å². The second-order valence-corrected chi connectivity index (χ2v) is 3.14. The van der Waals surface area contributed by atoms with Gasteiger partial charge >= 0.3 is 5.97 Å². The van der Waals surface area contributed by atoms with E-state index in [0.717, 1.165) is 0 Å². The lowest BCUT2D eigenvalue weighted by molar-refractivity contribution is -0.138. The standard InChI is InChI=1S/C7H9N7O2/c1-5(14-4-8-3-9-14)7-10-11-12-13(7)2-6(15)16/h3-5H,2H2,1H3,(H,15,16). The van der Waals surface area contributed by atoms with E-state index in [2.05, 4.69) is 25.6 Å². The van der Waals surface area contributed by atoms with E-state index in [-0.39, 0.29) is 12.6 Å². The number of hydrogen-bond donors (Lipinski definition) is 1. The van der Waals surface area contributed by atoms with Crippen LogP contribution in [0.3, 0.4) is 0 Å². The Kier molecular flexibility index (Phi) is 2.58. The van der Waals surface area contributed by atoms with Gasteiger partial charge in [0.15, 0.2) is 5.82 Å². The largest absolute Gasteiger partial charge is 0.480 e. The van der Waals surface area contributed by atoms with Gasteiger partial charge in [-0.05, 0) is 17.4 Å². The predicted octanol–water partition coefficient (Wildman–Crippen LogP) is -1.04. The summed E-state index contributed by atoms with van der Waals surface area (Å²) in [7, 11) is 0. The Balaban J connectivity index is 2.27. The Labute approximate surface area is 89.7 Å². The van der Waals surface area contributed by atoms with Crippen LogP contribution in [0.2, 0.25) is 0 Å². The first-order valence-electron chi connectivity index (χ1n) is 4.50. The summed E-state index contributed by atoms with van der Waals surface area (Å²) in [5.41, 5.74) is 0. The van der Waals surface area contributed by atoms with Crippen LogP contribution in [-0.2, 0) is 11.3 Å². The number of rotatable bonds is 4. The van der Waals surface area contributed by atoms with Gasteiger partial charge in [-0.25, -0.2) is 14.3 Å². The smallest absolute Gasteiger partial charge is 0.325 e. The van der Waals surface area contributed by atoms with Crippen LogP contribution >= 0.6 is 0 Å². The summed E-state index contributed by atoms with van der Waals surface area (Å²) in [6.07, 6.45) is 2.91. The first-order valence-corrected chi connectivity index (χ1v) is 4.50. The molecule has 0 bridgehead atoms. The van der Waals surface area contributed by atoms with Crippen LogP contribution in [0.1, 0.15) is 18.8 Å². The molecule has 0 aromatic carbocycles. The van der Waals surface area contributed by atoms with E-state index >= 15 is 0 Å². The average molecular weight is 223 g/mol. The molecule has 0 aliphatic rings. The van der Waals surface area contributed by atoms with Crippen molar-refractivity contribution in [3.63, 3.8) is 0 Å². The molecule has 0 amide bonds. The molecule has 84 valence electrons. The third-order valence-electron chi connectivity index (χ3n) is 2.05. The topological polar surface area (TPSA) is 112 Å². The molecule has 2 aromatic heterocycles. The first kappa shape index (κ1) is 10.2. The Morgan fingerprint density at radius 1 is 1.62 bits per heavy atom. The molecule has 1 unspecified atom stereocenters. The fourth-order valence-electron chi connectivity index (χ4n) is 1.29. The van der Waals surface area contributed by atoms with Crippen molar-refractivity contribution >= 4 is 5.97 Å². The highest BCUT2D eigenvalue weighted by molar-refractivity contribution is 5.66. The van der Waals surface area contributed by atoms with E-state index in [0.29, 0.717) is 5.82 Å². The lowest BCUT2D eigenvalue weighted by atomic mass is 10.3. The molecule has 0 radical (unpaired) electrons. The highest BCUT2D eigenvalue weighted by Gasteiger charge is 2.18. The molecular weight excluding hydrogens is 214 g/mol. The number of carboxylic acids is 1. The number of carboxylic acid groups (broad SMARTS) is 1. The molecule has 9 nitrogen and oxygen atoms in total. The van der Waals surface area contributed by atoms with E-state index < -0.39 is 5.97 Å². The van der Waals surface area contributed by atoms with Gasteiger partial charge in [0.2, 0.25) is 0 Å². The Bertz CT molecular complexity index is 477. The molecule has 0 saturated heterocycles. The Morgan fingerprint density at radius 2 is 2.44 bits per heavy atom. The van der Waals surface area contributed by atoms with Gasteiger partial charge in [0.05, 0.1) is 0 Å². The van der Waals surface area contributed by atoms with Crippen LogP contribution in [0.15, 0.2) is 12.7 Å². The summed E-state index contributed by atoms with van der Waals surface area (Å²) < 4.78 is 2.76. The second-order valence-electron chi connectivity index (χ2n) is 3.14. The van der Waals surface area contributed by atoms with Crippen molar-refractivity contribution in [2.75, 3.05) is 0 Å². The number of aromatic nitrogens is 7. The third-order valence-corrected chi connectivity index (χ3v) is 2.05. The second kappa shape index (κ2) is 4.04. The normalized spacial score (nSPS) is 12.6. The van der Waals surface area contributed by atoms with E-state index in [9.17, 15) is 4.79 Å². The number of hydrogen-bond acceptors (Lipinski definition) is 6. The van der Waals surface area contributed by atoms with Crippen molar-refractivity contribution in [1.82, 2.24) is 35.0 Å². The molecule has 2 heterocycles. The third kappa shape index (κ3) is 1.87. The molecule has 0 fully saturated rings. The molecule has 1 N–H and O–H groups in total. The Hall–Kier alpha value is -2.32. The van der Waals surface area contributed by atoms with Gasteiger partial charge in [0.1, 0.15) is 25.2 Å². The zero-order chi connectivity index (χ0) is 11.5. The summed E-state index contributed by atoms with van der Waals surface area (Å²) >= 11 is 0. The lowest BCUT2D eigenvalue weighted by Crippen LogP contribution is -2.18. The zero-order valence-electron chi connectivity index (χ0n) is 8.43. The van der Waals surface area contributed by atoms with E-state index in [1.165, 1.54) is 17.3 Å². The fourth-order valence-corrected chi connectivity index (χ4v) is 1.29. The van der Waals surface area contributed by atoms with Crippen molar-refractivity contribution < 1.29 is 9.90 Å². The van der Waals surface area contributed by atoms with Crippen molar-refractivity contribution in [1.29, 1.82) is 0 Å². The molecular formula is C7H9N7O2. The maximum atomic E-state index is 10.6. The van der Waals surface area contributed by atoms with Gasteiger partial charge in [-0.15, -0.1) is 5.10 Å². The molecule has 16 heavy (non-hydrogen) atoms. The predicted molar refractivity (Wildman–Crippen MR) is 49.3 cm³/mol. The number of tetrazole rings is 1. The monoisotopic (exact) mass is 223 g/mol. The maximum absolute atomic E-state index is 10.6. The van der Waals surface area contributed by atoms with E-state index in [1.807, 2.05) is 0 Å². The first-order chi connectivity index (χ1) is 7.68. The van der Waals surface area contributed by atoms with Crippen molar-refractivity contribution in [3.05, 3.63) is 18.5 Å². The van der Waals surface area contributed by atoms with Crippen LogP contribution in [0.25, 0.3) is 0 Å². The number of nitrogens with zero attached hydrogens (tertiary/aromatic N) is 7.